The standard InChI is InChI=1S/C23H25N3O6/c24-18-11-8-9-7-10-12(26-5-1-2-6-26)3-4-13(27)15(10)19(28)14(9)20(29)16(11)21(30)17(22(18)31)23(25)32/h3-4,9,11,16,18,27-28,30H,1-2,5-8,24H2,(H2,25,32)/t9-,11+,16?,18+/m0/s1. The molecule has 0 aromatic heterocycles. The normalized spacial score (nSPS) is 29.7. The van der Waals surface area contributed by atoms with Gasteiger partial charge in [-0.1, -0.05) is 0 Å². The average molecular weight is 439 g/mol. The third kappa shape index (κ3) is 2.70. The Morgan fingerprint density at radius 3 is 2.41 bits per heavy atom. The first-order valence-corrected chi connectivity index (χ1v) is 10.8. The van der Waals surface area contributed by atoms with Gasteiger partial charge < -0.3 is 31.7 Å². The van der Waals surface area contributed by atoms with Crippen LogP contribution in [0.1, 0.15) is 30.4 Å². The van der Waals surface area contributed by atoms with E-state index >= 15 is 0 Å². The van der Waals surface area contributed by atoms with Crippen LogP contribution in [0.4, 0.5) is 5.69 Å². The Morgan fingerprint density at radius 1 is 1.06 bits per heavy atom. The summed E-state index contributed by atoms with van der Waals surface area (Å²) in [7, 11) is 0. The number of nitrogens with zero attached hydrogens (tertiary/aromatic N) is 1. The molecule has 0 radical (unpaired) electrons. The zero-order valence-corrected chi connectivity index (χ0v) is 17.4. The van der Waals surface area contributed by atoms with E-state index in [0.717, 1.165) is 37.2 Å². The highest BCUT2D eigenvalue weighted by molar-refractivity contribution is 6.23. The summed E-state index contributed by atoms with van der Waals surface area (Å²) in [5.74, 6) is -6.02. The second-order valence-electron chi connectivity index (χ2n) is 9.07. The number of Topliss-reactive ketones (excluding diaryl/α,β-unsaturated/α-hetero) is 2. The molecule has 7 N–H and O–H groups in total. The Kier molecular flexibility index (Phi) is 4.56. The van der Waals surface area contributed by atoms with Crippen molar-refractivity contribution in [3.8, 4) is 5.75 Å². The van der Waals surface area contributed by atoms with Gasteiger partial charge in [0.15, 0.2) is 11.6 Å². The van der Waals surface area contributed by atoms with Crippen LogP contribution >= 0.6 is 0 Å². The maximum Gasteiger partial charge on any atom is 0.255 e. The number of phenolic OH excluding ortho intramolecular Hbond substituents is 1. The van der Waals surface area contributed by atoms with Crippen molar-refractivity contribution in [2.24, 2.45) is 29.2 Å². The molecule has 1 heterocycles. The number of allylic oxidation sites excluding steroid dienone is 2. The molecule has 168 valence electrons. The van der Waals surface area contributed by atoms with Crippen molar-refractivity contribution in [2.45, 2.75) is 31.7 Å². The fourth-order valence-electron chi connectivity index (χ4n) is 5.94. The largest absolute Gasteiger partial charge is 0.511 e. The van der Waals surface area contributed by atoms with Gasteiger partial charge in [0.1, 0.15) is 22.8 Å². The molecule has 1 aliphatic heterocycles. The average Bonchev–Trinajstić information content (AvgIpc) is 3.26. The van der Waals surface area contributed by atoms with E-state index in [4.69, 9.17) is 11.5 Å². The molecule has 1 saturated heterocycles. The first-order chi connectivity index (χ1) is 15.2. The predicted octanol–water partition coefficient (Wildman–Crippen LogP) is 0.846. The van der Waals surface area contributed by atoms with Gasteiger partial charge >= 0.3 is 0 Å². The number of carbonyl (C=O) groups excluding carboxylic acids is 3. The van der Waals surface area contributed by atoms with E-state index in [2.05, 4.69) is 4.90 Å². The molecule has 0 spiro atoms. The lowest BCUT2D eigenvalue weighted by atomic mass is 9.60. The number of anilines is 1. The van der Waals surface area contributed by atoms with Crippen LogP contribution in [0.25, 0.3) is 5.76 Å². The molecule has 1 saturated carbocycles. The minimum atomic E-state index is -1.23. The van der Waals surface area contributed by atoms with Gasteiger partial charge in [0.2, 0.25) is 0 Å². The molecule has 2 fully saturated rings. The van der Waals surface area contributed by atoms with E-state index in [1.54, 1.807) is 0 Å². The number of amides is 1. The van der Waals surface area contributed by atoms with E-state index < -0.39 is 52.6 Å². The second-order valence-corrected chi connectivity index (χ2v) is 9.07. The number of carbonyl (C=O) groups is 3. The first kappa shape index (κ1) is 20.6. The van der Waals surface area contributed by atoms with Gasteiger partial charge in [-0.3, -0.25) is 14.4 Å². The monoisotopic (exact) mass is 439 g/mol. The Hall–Kier alpha value is -3.33. The second kappa shape index (κ2) is 7.09. The molecule has 1 aromatic carbocycles. The summed E-state index contributed by atoms with van der Waals surface area (Å²) < 4.78 is 0. The summed E-state index contributed by atoms with van der Waals surface area (Å²) in [5, 5.41) is 32.3. The summed E-state index contributed by atoms with van der Waals surface area (Å²) in [6.07, 6.45) is 2.77. The van der Waals surface area contributed by atoms with Gasteiger partial charge in [0.25, 0.3) is 5.91 Å². The highest BCUT2D eigenvalue weighted by Gasteiger charge is 2.54. The van der Waals surface area contributed by atoms with Crippen LogP contribution < -0.4 is 16.4 Å². The molecular formula is C23H25N3O6. The maximum atomic E-state index is 13.5. The van der Waals surface area contributed by atoms with Crippen molar-refractivity contribution < 1.29 is 29.7 Å². The van der Waals surface area contributed by atoms with E-state index in [1.807, 2.05) is 6.07 Å². The fourth-order valence-corrected chi connectivity index (χ4v) is 5.94. The summed E-state index contributed by atoms with van der Waals surface area (Å²) in [6.45, 7) is 1.74. The molecule has 1 aromatic rings. The molecule has 4 atom stereocenters. The predicted molar refractivity (Wildman–Crippen MR) is 115 cm³/mol. The quantitative estimate of drug-likeness (QED) is 0.423. The van der Waals surface area contributed by atoms with Crippen LogP contribution in [0.5, 0.6) is 5.75 Å². The van der Waals surface area contributed by atoms with Crippen molar-refractivity contribution in [1.29, 1.82) is 0 Å². The molecule has 1 amide bonds. The lowest BCUT2D eigenvalue weighted by molar-refractivity contribution is -0.128. The van der Waals surface area contributed by atoms with Crippen LogP contribution in [-0.2, 0) is 20.8 Å². The van der Waals surface area contributed by atoms with E-state index in [0.29, 0.717) is 6.42 Å². The number of primary amides is 1. The minimum Gasteiger partial charge on any atom is -0.511 e. The molecule has 32 heavy (non-hydrogen) atoms. The summed E-state index contributed by atoms with van der Waals surface area (Å²) in [5.41, 5.74) is 12.7. The van der Waals surface area contributed by atoms with Crippen molar-refractivity contribution in [2.75, 3.05) is 18.0 Å². The SMILES string of the molecule is NC(=O)C1=C(O)C2C(=O)C3=C(O)c4c(O)ccc(N5CCCC5)c4C[C@H]3C[C@H]2[C@@H](N)C1=O. The van der Waals surface area contributed by atoms with Gasteiger partial charge in [0.05, 0.1) is 17.5 Å². The zero-order valence-electron chi connectivity index (χ0n) is 17.4. The van der Waals surface area contributed by atoms with E-state index in [9.17, 15) is 29.7 Å². The third-order valence-electron chi connectivity index (χ3n) is 7.40. The Morgan fingerprint density at radius 2 is 1.75 bits per heavy atom. The van der Waals surface area contributed by atoms with Gasteiger partial charge in [-0.05, 0) is 55.2 Å². The van der Waals surface area contributed by atoms with Crippen LogP contribution in [0.2, 0.25) is 0 Å². The number of hydrogen-bond acceptors (Lipinski definition) is 8. The van der Waals surface area contributed by atoms with Crippen molar-refractivity contribution in [3.05, 3.63) is 40.2 Å². The number of rotatable bonds is 2. The fraction of sp³-hybridized carbons (Fsp3) is 0.435. The molecular weight excluding hydrogens is 414 g/mol. The van der Waals surface area contributed by atoms with Gasteiger partial charge in [0, 0.05) is 24.4 Å². The number of aliphatic hydroxyl groups is 2. The number of aromatic hydroxyl groups is 1. The molecule has 9 heteroatoms. The lowest BCUT2D eigenvalue weighted by Gasteiger charge is -2.43. The minimum absolute atomic E-state index is 0.0875. The molecule has 4 aliphatic rings. The van der Waals surface area contributed by atoms with Crippen LogP contribution in [0, 0.1) is 17.8 Å². The summed E-state index contributed by atoms with van der Waals surface area (Å²) in [4.78, 5) is 40.0. The Labute approximate surface area is 184 Å². The highest BCUT2D eigenvalue weighted by atomic mass is 16.3. The van der Waals surface area contributed by atoms with Gasteiger partial charge in [-0.15, -0.1) is 0 Å². The van der Waals surface area contributed by atoms with Crippen LogP contribution in [0.15, 0.2) is 29.0 Å². The number of aliphatic hydroxyl groups excluding tert-OH is 2. The number of fused-ring (bicyclic) bond motifs is 3. The number of ketones is 2. The molecule has 3 aliphatic carbocycles. The lowest BCUT2D eigenvalue weighted by Crippen LogP contribution is -2.55. The molecule has 0 bridgehead atoms. The van der Waals surface area contributed by atoms with Crippen LogP contribution in [-0.4, -0.2) is 51.9 Å². The van der Waals surface area contributed by atoms with E-state index in [-0.39, 0.29) is 29.1 Å². The van der Waals surface area contributed by atoms with E-state index in [1.165, 1.54) is 6.07 Å². The first-order valence-electron chi connectivity index (χ1n) is 10.8. The van der Waals surface area contributed by atoms with Crippen LogP contribution in [0.3, 0.4) is 0 Å². The number of nitrogens with two attached hydrogens (primary N) is 2. The molecule has 1 unspecified atom stereocenters. The molecule has 5 rings (SSSR count). The smallest absolute Gasteiger partial charge is 0.255 e. The van der Waals surface area contributed by atoms with Gasteiger partial charge in [-0.2, -0.15) is 0 Å². The summed E-state index contributed by atoms with van der Waals surface area (Å²) in [6, 6.07) is 2.18. The van der Waals surface area contributed by atoms with Crippen molar-refractivity contribution in [3.63, 3.8) is 0 Å². The Bertz CT molecular complexity index is 1130. The Balaban J connectivity index is 1.66. The number of benzene rings is 1. The third-order valence-corrected chi connectivity index (χ3v) is 7.40. The topological polar surface area (TPSA) is 167 Å². The van der Waals surface area contributed by atoms with Crippen molar-refractivity contribution in [1.82, 2.24) is 0 Å². The highest BCUT2D eigenvalue weighted by Crippen LogP contribution is 2.51. The molecule has 9 nitrogen and oxygen atoms in total. The summed E-state index contributed by atoms with van der Waals surface area (Å²) >= 11 is 0. The zero-order chi connectivity index (χ0) is 22.9. The number of phenols is 1. The maximum absolute atomic E-state index is 13.5. The number of hydrogen-bond donors (Lipinski definition) is 5. The van der Waals surface area contributed by atoms with Crippen molar-refractivity contribution >= 4 is 28.9 Å². The van der Waals surface area contributed by atoms with Gasteiger partial charge in [-0.25, -0.2) is 0 Å².